The summed E-state index contributed by atoms with van der Waals surface area (Å²) in [6.45, 7) is 7.33. The average Bonchev–Trinajstić information content (AvgIpc) is 2.84. The molecule has 0 spiro atoms. The van der Waals surface area contributed by atoms with Crippen molar-refractivity contribution in [2.45, 2.75) is 64.0 Å². The molecule has 2 aliphatic rings. The normalized spacial score (nSPS) is 46.2. The minimum Gasteiger partial charge on any atom is -0.155 e. The molecule has 0 aromatic carbocycles. The number of rotatable bonds is 3. The predicted molar refractivity (Wildman–Crippen MR) is 70.4 cm³/mol. The topological polar surface area (TPSA) is 0 Å². The molecule has 0 bridgehead atoms. The predicted octanol–water partition coefficient (Wildman–Crippen LogP) is 4.73. The highest BCUT2D eigenvalue weighted by Crippen LogP contribution is 2.54. The first-order chi connectivity index (χ1) is 7.19. The van der Waals surface area contributed by atoms with E-state index in [0.29, 0.717) is 4.75 Å². The first-order valence-electron chi connectivity index (χ1n) is 6.83. The molecule has 1 aliphatic carbocycles. The van der Waals surface area contributed by atoms with Gasteiger partial charge in [0.2, 0.25) is 0 Å². The van der Waals surface area contributed by atoms with Gasteiger partial charge in [-0.2, -0.15) is 11.8 Å². The Morgan fingerprint density at radius 3 is 2.53 bits per heavy atom. The summed E-state index contributed by atoms with van der Waals surface area (Å²) < 4.78 is 0.643. The molecule has 1 saturated carbocycles. The van der Waals surface area contributed by atoms with Gasteiger partial charge in [0, 0.05) is 4.75 Å². The third kappa shape index (κ3) is 2.23. The fraction of sp³-hybridized carbons (Fsp3) is 1.00. The zero-order valence-corrected chi connectivity index (χ0v) is 11.4. The second-order valence-electron chi connectivity index (χ2n) is 5.79. The van der Waals surface area contributed by atoms with Crippen molar-refractivity contribution in [1.82, 2.24) is 0 Å². The van der Waals surface area contributed by atoms with Crippen LogP contribution < -0.4 is 0 Å². The van der Waals surface area contributed by atoms with Gasteiger partial charge in [0.15, 0.2) is 0 Å². The fourth-order valence-electron chi connectivity index (χ4n) is 3.87. The Hall–Kier alpha value is 0.350. The van der Waals surface area contributed by atoms with E-state index in [1.807, 2.05) is 0 Å². The molecule has 1 saturated heterocycles. The van der Waals surface area contributed by atoms with Crippen molar-refractivity contribution >= 4 is 11.8 Å². The van der Waals surface area contributed by atoms with E-state index in [9.17, 15) is 0 Å². The molecule has 15 heavy (non-hydrogen) atoms. The lowest BCUT2D eigenvalue weighted by atomic mass is 9.81. The number of hydrogen-bond acceptors (Lipinski definition) is 1. The minimum absolute atomic E-state index is 0.643. The Bertz CT molecular complexity index is 205. The van der Waals surface area contributed by atoms with Crippen LogP contribution in [0.1, 0.15) is 59.3 Å². The quantitative estimate of drug-likeness (QED) is 0.670. The molecule has 0 nitrogen and oxygen atoms in total. The van der Waals surface area contributed by atoms with Crippen LogP contribution in [0, 0.1) is 17.8 Å². The van der Waals surface area contributed by atoms with E-state index < -0.39 is 0 Å². The molecule has 1 heterocycles. The summed E-state index contributed by atoms with van der Waals surface area (Å²) in [4.78, 5) is 0. The monoisotopic (exact) mass is 226 g/mol. The van der Waals surface area contributed by atoms with E-state index in [-0.39, 0.29) is 0 Å². The molecule has 88 valence electrons. The van der Waals surface area contributed by atoms with Crippen LogP contribution in [0.25, 0.3) is 0 Å². The molecule has 1 aliphatic heterocycles. The van der Waals surface area contributed by atoms with E-state index in [1.165, 1.54) is 44.3 Å². The molecule has 0 aromatic heterocycles. The van der Waals surface area contributed by atoms with E-state index in [1.54, 1.807) is 0 Å². The SMILES string of the molecule is CCC1CC(CC)C(C2(C)CCCS2)C1. The second-order valence-corrected chi connectivity index (χ2v) is 7.41. The van der Waals surface area contributed by atoms with E-state index in [4.69, 9.17) is 0 Å². The molecule has 2 fully saturated rings. The summed E-state index contributed by atoms with van der Waals surface area (Å²) in [6, 6.07) is 0. The number of thioether (sulfide) groups is 1. The highest BCUT2D eigenvalue weighted by molar-refractivity contribution is 8.00. The van der Waals surface area contributed by atoms with Crippen molar-refractivity contribution in [2.24, 2.45) is 17.8 Å². The van der Waals surface area contributed by atoms with Crippen molar-refractivity contribution in [1.29, 1.82) is 0 Å². The van der Waals surface area contributed by atoms with Gasteiger partial charge >= 0.3 is 0 Å². The standard InChI is InChI=1S/C14H26S/c1-4-11-9-12(5-2)13(10-11)14(3)7-6-8-15-14/h11-13H,4-10H2,1-3H3. The van der Waals surface area contributed by atoms with Crippen LogP contribution in [0.5, 0.6) is 0 Å². The smallest absolute Gasteiger partial charge is 0.0163 e. The van der Waals surface area contributed by atoms with Gasteiger partial charge in [0.05, 0.1) is 0 Å². The minimum atomic E-state index is 0.643. The molecule has 2 rings (SSSR count). The third-order valence-corrected chi connectivity index (χ3v) is 6.59. The second kappa shape index (κ2) is 4.69. The molecule has 1 heteroatoms. The largest absolute Gasteiger partial charge is 0.155 e. The van der Waals surface area contributed by atoms with Crippen LogP contribution in [0.2, 0.25) is 0 Å². The summed E-state index contributed by atoms with van der Waals surface area (Å²) >= 11 is 2.27. The zero-order chi connectivity index (χ0) is 10.9. The van der Waals surface area contributed by atoms with Crippen molar-refractivity contribution in [3.63, 3.8) is 0 Å². The third-order valence-electron chi connectivity index (χ3n) is 4.93. The van der Waals surface area contributed by atoms with Crippen LogP contribution in [-0.2, 0) is 0 Å². The van der Waals surface area contributed by atoms with Gasteiger partial charge in [-0.25, -0.2) is 0 Å². The van der Waals surface area contributed by atoms with Gasteiger partial charge in [0.25, 0.3) is 0 Å². The van der Waals surface area contributed by atoms with Crippen molar-refractivity contribution in [3.8, 4) is 0 Å². The van der Waals surface area contributed by atoms with Crippen molar-refractivity contribution < 1.29 is 0 Å². The van der Waals surface area contributed by atoms with E-state index in [0.717, 1.165) is 17.8 Å². The van der Waals surface area contributed by atoms with E-state index in [2.05, 4.69) is 32.5 Å². The molecule has 0 N–H and O–H groups in total. The highest BCUT2D eigenvalue weighted by atomic mass is 32.2. The van der Waals surface area contributed by atoms with Crippen molar-refractivity contribution in [2.75, 3.05) is 5.75 Å². The van der Waals surface area contributed by atoms with E-state index >= 15 is 0 Å². The molecular formula is C14H26S. The van der Waals surface area contributed by atoms with Crippen LogP contribution in [-0.4, -0.2) is 10.5 Å². The Morgan fingerprint density at radius 2 is 2.00 bits per heavy atom. The maximum absolute atomic E-state index is 2.55. The van der Waals surface area contributed by atoms with Crippen LogP contribution in [0.4, 0.5) is 0 Å². The van der Waals surface area contributed by atoms with Gasteiger partial charge < -0.3 is 0 Å². The molecule has 0 radical (unpaired) electrons. The van der Waals surface area contributed by atoms with Crippen LogP contribution in [0.15, 0.2) is 0 Å². The first kappa shape index (κ1) is 11.8. The van der Waals surface area contributed by atoms with Gasteiger partial charge in [-0.05, 0) is 49.2 Å². The summed E-state index contributed by atoms with van der Waals surface area (Å²) in [7, 11) is 0. The first-order valence-corrected chi connectivity index (χ1v) is 7.82. The average molecular weight is 226 g/mol. The Balaban J connectivity index is 2.06. The summed E-state index contributed by atoms with van der Waals surface area (Å²) in [5.41, 5.74) is 0. The molecule has 4 unspecified atom stereocenters. The van der Waals surface area contributed by atoms with Gasteiger partial charge in [0.1, 0.15) is 0 Å². The van der Waals surface area contributed by atoms with Crippen LogP contribution in [0.3, 0.4) is 0 Å². The van der Waals surface area contributed by atoms with Gasteiger partial charge in [-0.3, -0.25) is 0 Å². The molecule has 0 amide bonds. The Labute approximate surface area is 99.6 Å². The molecule has 4 atom stereocenters. The lowest BCUT2D eigenvalue weighted by Crippen LogP contribution is -2.31. The fourth-order valence-corrected chi connectivity index (χ4v) is 5.41. The highest BCUT2D eigenvalue weighted by Gasteiger charge is 2.45. The summed E-state index contributed by atoms with van der Waals surface area (Å²) in [6.07, 6.45) is 8.82. The zero-order valence-electron chi connectivity index (χ0n) is 10.6. The number of hydrogen-bond donors (Lipinski definition) is 0. The van der Waals surface area contributed by atoms with Gasteiger partial charge in [-0.1, -0.05) is 33.6 Å². The lowest BCUT2D eigenvalue weighted by Gasteiger charge is -2.34. The maximum Gasteiger partial charge on any atom is 0.0163 e. The van der Waals surface area contributed by atoms with Crippen molar-refractivity contribution in [3.05, 3.63) is 0 Å². The van der Waals surface area contributed by atoms with Gasteiger partial charge in [-0.15, -0.1) is 0 Å². The lowest BCUT2D eigenvalue weighted by molar-refractivity contribution is 0.295. The molecule has 0 aromatic rings. The maximum atomic E-state index is 2.55. The summed E-state index contributed by atoms with van der Waals surface area (Å²) in [5.74, 6) is 4.52. The van der Waals surface area contributed by atoms with Crippen LogP contribution >= 0.6 is 11.8 Å². The summed E-state index contributed by atoms with van der Waals surface area (Å²) in [5, 5.41) is 0. The Kier molecular flexibility index (Phi) is 3.70. The Morgan fingerprint density at radius 1 is 1.20 bits per heavy atom. The molecular weight excluding hydrogens is 200 g/mol.